The molecule has 5 nitrogen and oxygen atoms in total. The van der Waals surface area contributed by atoms with Crippen LogP contribution in [-0.4, -0.2) is 30.3 Å². The summed E-state index contributed by atoms with van der Waals surface area (Å²) in [5.74, 6) is -0.327. The monoisotopic (exact) mass is 355 g/mol. The number of rotatable bonds is 2. The maximum atomic E-state index is 13.3. The van der Waals surface area contributed by atoms with Gasteiger partial charge in [-0.2, -0.15) is 0 Å². The van der Waals surface area contributed by atoms with Crippen molar-refractivity contribution in [3.05, 3.63) is 58.6 Å². The van der Waals surface area contributed by atoms with Gasteiger partial charge in [-0.15, -0.1) is 0 Å². The minimum Gasteiger partial charge on any atom is -0.350 e. The van der Waals surface area contributed by atoms with Crippen molar-refractivity contribution >= 4 is 34.8 Å². The Kier molecular flexibility index (Phi) is 3.51. The normalized spacial score (nSPS) is 21.4. The molecule has 0 unspecified atom stereocenters. The summed E-state index contributed by atoms with van der Waals surface area (Å²) < 4.78 is 0. The number of benzene rings is 2. The summed E-state index contributed by atoms with van der Waals surface area (Å²) in [5, 5.41) is 3.86. The number of nitrogens with one attached hydrogen (secondary N) is 1. The Morgan fingerprint density at radius 1 is 1.16 bits per heavy atom. The number of carbonyl (C=O) groups is 2. The Bertz CT molecular complexity index is 898. The third kappa shape index (κ3) is 2.02. The van der Waals surface area contributed by atoms with Crippen molar-refractivity contribution in [3.8, 4) is 0 Å². The van der Waals surface area contributed by atoms with Gasteiger partial charge in [-0.25, -0.2) is 0 Å². The fraction of sp³-hybridized carbons (Fsp3) is 0.263. The number of hydrogen-bond acceptors (Lipinski definition) is 3. The van der Waals surface area contributed by atoms with Crippen molar-refractivity contribution in [2.24, 2.45) is 0 Å². The van der Waals surface area contributed by atoms with Crippen molar-refractivity contribution in [3.63, 3.8) is 0 Å². The van der Waals surface area contributed by atoms with Crippen LogP contribution in [0.2, 0.25) is 5.02 Å². The number of carbonyl (C=O) groups excluding carboxylic acids is 2. The zero-order valence-corrected chi connectivity index (χ0v) is 14.8. The highest BCUT2D eigenvalue weighted by Gasteiger charge is 2.57. The number of likely N-dealkylation sites (N-methyl/N-ethyl adjacent to an activating group) is 1. The number of amides is 2. The molecule has 0 aliphatic carbocycles. The number of para-hydroxylation sites is 1. The molecule has 2 heterocycles. The van der Waals surface area contributed by atoms with Crippen molar-refractivity contribution in [1.82, 2.24) is 4.90 Å². The summed E-state index contributed by atoms with van der Waals surface area (Å²) in [7, 11) is 1.74. The van der Waals surface area contributed by atoms with E-state index in [1.54, 1.807) is 35.0 Å². The molecule has 0 bridgehead atoms. The number of fused-ring (bicyclic) bond motifs is 3. The molecule has 1 atom stereocenters. The summed E-state index contributed by atoms with van der Waals surface area (Å²) in [4.78, 5) is 29.8. The average Bonchev–Trinajstić information content (AvgIpc) is 2.81. The zero-order valence-electron chi connectivity index (χ0n) is 14.0. The molecule has 25 heavy (non-hydrogen) atoms. The molecule has 1 N–H and O–H groups in total. The number of halogens is 1. The largest absolute Gasteiger partial charge is 0.350 e. The summed E-state index contributed by atoms with van der Waals surface area (Å²) in [6.07, 6.45) is 0.747. The minimum absolute atomic E-state index is 0.161. The first-order chi connectivity index (χ1) is 12.0. The topological polar surface area (TPSA) is 52.7 Å². The van der Waals surface area contributed by atoms with Gasteiger partial charge in [0.05, 0.1) is 16.9 Å². The van der Waals surface area contributed by atoms with Gasteiger partial charge in [0.25, 0.3) is 11.8 Å². The quantitative estimate of drug-likeness (QED) is 0.897. The Hall–Kier alpha value is -2.53. The SMILES string of the molecule is CCCN1C(=O)c2ccc(Cl)cc2N[C@]12C(=O)N(C)c1ccccc12. The molecule has 2 aliphatic heterocycles. The number of anilines is 2. The van der Waals surface area contributed by atoms with Gasteiger partial charge in [-0.05, 0) is 30.7 Å². The van der Waals surface area contributed by atoms with Crippen LogP contribution in [0, 0.1) is 0 Å². The van der Waals surface area contributed by atoms with E-state index in [2.05, 4.69) is 5.32 Å². The van der Waals surface area contributed by atoms with Crippen LogP contribution in [0.1, 0.15) is 29.3 Å². The lowest BCUT2D eigenvalue weighted by Gasteiger charge is -2.45. The maximum absolute atomic E-state index is 13.3. The number of hydrogen-bond donors (Lipinski definition) is 1. The van der Waals surface area contributed by atoms with E-state index in [1.165, 1.54) is 0 Å². The molecule has 0 saturated carbocycles. The maximum Gasteiger partial charge on any atom is 0.278 e. The lowest BCUT2D eigenvalue weighted by molar-refractivity contribution is -0.127. The Balaban J connectivity index is 1.99. The fourth-order valence-corrected chi connectivity index (χ4v) is 3.95. The second kappa shape index (κ2) is 5.49. The lowest BCUT2D eigenvalue weighted by Crippen LogP contribution is -2.62. The van der Waals surface area contributed by atoms with E-state index in [0.717, 1.165) is 17.7 Å². The minimum atomic E-state index is -1.23. The third-order valence-electron chi connectivity index (χ3n) is 4.89. The van der Waals surface area contributed by atoms with Crippen LogP contribution in [0.3, 0.4) is 0 Å². The fourth-order valence-electron chi connectivity index (χ4n) is 3.78. The van der Waals surface area contributed by atoms with Crippen LogP contribution in [-0.2, 0) is 10.5 Å². The zero-order chi connectivity index (χ0) is 17.8. The van der Waals surface area contributed by atoms with Gasteiger partial charge in [0.2, 0.25) is 5.66 Å². The van der Waals surface area contributed by atoms with E-state index in [4.69, 9.17) is 11.6 Å². The predicted octanol–water partition coefficient (Wildman–Crippen LogP) is 3.45. The number of nitrogens with zero attached hydrogens (tertiary/aromatic N) is 2. The smallest absolute Gasteiger partial charge is 0.278 e. The van der Waals surface area contributed by atoms with Crippen molar-refractivity contribution in [2.75, 3.05) is 23.8 Å². The van der Waals surface area contributed by atoms with Gasteiger partial charge >= 0.3 is 0 Å². The Morgan fingerprint density at radius 3 is 2.68 bits per heavy atom. The first-order valence-corrected chi connectivity index (χ1v) is 8.66. The van der Waals surface area contributed by atoms with Crippen LogP contribution in [0.5, 0.6) is 0 Å². The van der Waals surface area contributed by atoms with Gasteiger partial charge in [-0.1, -0.05) is 36.7 Å². The molecule has 2 aromatic rings. The van der Waals surface area contributed by atoms with Gasteiger partial charge in [0.15, 0.2) is 0 Å². The van der Waals surface area contributed by atoms with Gasteiger partial charge in [-0.3, -0.25) is 9.59 Å². The Morgan fingerprint density at radius 2 is 1.92 bits per heavy atom. The van der Waals surface area contributed by atoms with E-state index < -0.39 is 5.66 Å². The van der Waals surface area contributed by atoms with Crippen molar-refractivity contribution < 1.29 is 9.59 Å². The van der Waals surface area contributed by atoms with E-state index in [9.17, 15) is 9.59 Å². The third-order valence-corrected chi connectivity index (χ3v) is 5.13. The molecular formula is C19H18ClN3O2. The van der Waals surface area contributed by atoms with Gasteiger partial charge < -0.3 is 15.1 Å². The first kappa shape index (κ1) is 16.0. The van der Waals surface area contributed by atoms with Gasteiger partial charge in [0, 0.05) is 24.2 Å². The van der Waals surface area contributed by atoms with Crippen molar-refractivity contribution in [2.45, 2.75) is 19.0 Å². The standard InChI is InChI=1S/C19H18ClN3O2/c1-3-10-23-17(24)13-9-8-12(20)11-15(13)21-19(23)14-6-4-5-7-16(14)22(2)18(19)25/h4-9,11,21H,3,10H2,1-2H3/t19-/m0/s1. The molecule has 0 radical (unpaired) electrons. The van der Waals surface area contributed by atoms with Crippen molar-refractivity contribution in [1.29, 1.82) is 0 Å². The molecule has 2 aromatic carbocycles. The summed E-state index contributed by atoms with van der Waals surface area (Å²) in [6.45, 7) is 2.47. The first-order valence-electron chi connectivity index (χ1n) is 8.28. The molecular weight excluding hydrogens is 338 g/mol. The summed E-state index contributed by atoms with van der Waals surface area (Å²) >= 11 is 6.12. The molecule has 0 aromatic heterocycles. The highest BCUT2D eigenvalue weighted by Crippen LogP contribution is 2.47. The van der Waals surface area contributed by atoms with Crippen LogP contribution in [0.15, 0.2) is 42.5 Å². The highest BCUT2D eigenvalue weighted by molar-refractivity contribution is 6.31. The molecule has 0 fully saturated rings. The van der Waals surface area contributed by atoms with Crippen LogP contribution < -0.4 is 10.2 Å². The van der Waals surface area contributed by atoms with E-state index in [-0.39, 0.29) is 11.8 Å². The molecule has 4 rings (SSSR count). The molecule has 2 amide bonds. The Labute approximate surface area is 151 Å². The highest BCUT2D eigenvalue weighted by atomic mass is 35.5. The molecule has 6 heteroatoms. The molecule has 128 valence electrons. The summed E-state index contributed by atoms with van der Waals surface area (Å²) in [5.41, 5.74) is 1.48. The van der Waals surface area contributed by atoms with Gasteiger partial charge in [0.1, 0.15) is 0 Å². The van der Waals surface area contributed by atoms with Crippen LogP contribution in [0.4, 0.5) is 11.4 Å². The second-order valence-corrected chi connectivity index (χ2v) is 6.80. The lowest BCUT2D eigenvalue weighted by atomic mass is 9.93. The predicted molar refractivity (Wildman–Crippen MR) is 97.9 cm³/mol. The van der Waals surface area contributed by atoms with E-state index in [1.807, 2.05) is 31.2 Å². The van der Waals surface area contributed by atoms with Crippen LogP contribution in [0.25, 0.3) is 0 Å². The summed E-state index contributed by atoms with van der Waals surface area (Å²) in [6, 6.07) is 12.7. The average molecular weight is 356 g/mol. The second-order valence-electron chi connectivity index (χ2n) is 6.36. The van der Waals surface area contributed by atoms with E-state index in [0.29, 0.717) is 22.8 Å². The van der Waals surface area contributed by atoms with E-state index >= 15 is 0 Å². The molecule has 1 spiro atoms. The molecule has 2 aliphatic rings. The van der Waals surface area contributed by atoms with Crippen LogP contribution >= 0.6 is 11.6 Å². The molecule has 0 saturated heterocycles.